The first-order chi connectivity index (χ1) is 6.72. The lowest BCUT2D eigenvalue weighted by Gasteiger charge is -2.19. The van der Waals surface area contributed by atoms with E-state index in [-0.39, 0.29) is 18.7 Å². The van der Waals surface area contributed by atoms with Crippen LogP contribution in [0.25, 0.3) is 0 Å². The molecule has 4 nitrogen and oxygen atoms in total. The van der Waals surface area contributed by atoms with Crippen molar-refractivity contribution in [2.45, 2.75) is 39.7 Å². The molecule has 4 heteroatoms. The van der Waals surface area contributed by atoms with Crippen LogP contribution < -0.4 is 5.32 Å². The van der Waals surface area contributed by atoms with Gasteiger partial charge in [0.2, 0.25) is 0 Å². The van der Waals surface area contributed by atoms with Gasteiger partial charge in [-0.3, -0.25) is 4.79 Å². The monoisotopic (exact) mass is 213 g/mol. The summed E-state index contributed by atoms with van der Waals surface area (Å²) < 4.78 is 5.00. The van der Waals surface area contributed by atoms with Crippen LogP contribution in [0.5, 0.6) is 0 Å². The quantitative estimate of drug-likeness (QED) is 0.727. The molecule has 0 fully saturated rings. The highest BCUT2D eigenvalue weighted by molar-refractivity contribution is 5.94. The number of rotatable bonds is 4. The van der Waals surface area contributed by atoms with Crippen LogP contribution in [0.2, 0.25) is 0 Å². The Hall–Kier alpha value is -1.32. The topological polar surface area (TPSA) is 55.4 Å². The molecule has 0 atom stereocenters. The molecule has 0 bridgehead atoms. The van der Waals surface area contributed by atoms with Gasteiger partial charge in [-0.25, -0.2) is 4.79 Å². The smallest absolute Gasteiger partial charge is 0.407 e. The van der Waals surface area contributed by atoms with Crippen molar-refractivity contribution in [2.24, 2.45) is 0 Å². The van der Waals surface area contributed by atoms with Crippen LogP contribution in [0.3, 0.4) is 0 Å². The lowest BCUT2D eigenvalue weighted by Crippen LogP contribution is -2.33. The number of alkyl carbamates (subject to hydrolysis) is 1. The maximum absolute atomic E-state index is 11.1. The molecule has 0 aliphatic heterocycles. The first-order valence-corrected chi connectivity index (χ1v) is 4.88. The Balaban J connectivity index is 3.74. The average molecular weight is 213 g/mol. The van der Waals surface area contributed by atoms with Crippen LogP contribution in [0, 0.1) is 0 Å². The fraction of sp³-hybridized carbons (Fsp3) is 0.636. The molecule has 0 aliphatic rings. The standard InChI is InChI=1S/C11H19NO3/c1-8(2)9(13)6-7-12-10(14)15-11(3,4)5/h1,6-7H2,2-5H3,(H,12,14). The molecule has 0 rings (SSSR count). The fourth-order valence-corrected chi connectivity index (χ4v) is 0.806. The minimum Gasteiger partial charge on any atom is -0.444 e. The maximum Gasteiger partial charge on any atom is 0.407 e. The van der Waals surface area contributed by atoms with Crippen LogP contribution in [-0.2, 0) is 9.53 Å². The van der Waals surface area contributed by atoms with E-state index in [9.17, 15) is 9.59 Å². The highest BCUT2D eigenvalue weighted by Crippen LogP contribution is 2.06. The number of nitrogens with one attached hydrogen (secondary N) is 1. The SMILES string of the molecule is C=C(C)C(=O)CCNC(=O)OC(C)(C)C. The van der Waals surface area contributed by atoms with E-state index in [4.69, 9.17) is 4.74 Å². The molecular formula is C11H19NO3. The number of hydrogen-bond acceptors (Lipinski definition) is 3. The number of Topliss-reactive ketones (excluding diaryl/α,β-unsaturated/α-hetero) is 1. The van der Waals surface area contributed by atoms with Gasteiger partial charge in [-0.1, -0.05) is 6.58 Å². The van der Waals surface area contributed by atoms with Gasteiger partial charge in [-0.05, 0) is 33.3 Å². The molecule has 0 aromatic rings. The zero-order chi connectivity index (χ0) is 12.1. The molecular weight excluding hydrogens is 194 g/mol. The Morgan fingerprint density at radius 3 is 2.27 bits per heavy atom. The molecule has 0 heterocycles. The summed E-state index contributed by atoms with van der Waals surface area (Å²) in [6.45, 7) is 10.8. The summed E-state index contributed by atoms with van der Waals surface area (Å²) in [6.07, 6.45) is -0.244. The van der Waals surface area contributed by atoms with Crippen molar-refractivity contribution < 1.29 is 14.3 Å². The Morgan fingerprint density at radius 1 is 1.33 bits per heavy atom. The first kappa shape index (κ1) is 13.7. The minimum absolute atomic E-state index is 0.0499. The largest absolute Gasteiger partial charge is 0.444 e. The molecule has 1 N–H and O–H groups in total. The summed E-state index contributed by atoms with van der Waals surface area (Å²) in [5.41, 5.74) is -0.0105. The number of carbonyl (C=O) groups excluding carboxylic acids is 2. The van der Waals surface area contributed by atoms with E-state index in [1.807, 2.05) is 0 Å². The molecule has 86 valence electrons. The van der Waals surface area contributed by atoms with Crippen molar-refractivity contribution in [1.82, 2.24) is 5.32 Å². The summed E-state index contributed by atoms with van der Waals surface area (Å²) in [5, 5.41) is 2.50. The first-order valence-electron chi connectivity index (χ1n) is 4.88. The van der Waals surface area contributed by atoms with Crippen LogP contribution >= 0.6 is 0 Å². The van der Waals surface area contributed by atoms with Crippen molar-refractivity contribution in [3.8, 4) is 0 Å². The molecule has 0 radical (unpaired) electrons. The van der Waals surface area contributed by atoms with E-state index in [1.54, 1.807) is 27.7 Å². The number of ketones is 1. The second-order valence-electron chi connectivity index (χ2n) is 4.38. The highest BCUT2D eigenvalue weighted by Gasteiger charge is 2.15. The molecule has 0 saturated carbocycles. The van der Waals surface area contributed by atoms with Crippen molar-refractivity contribution in [3.63, 3.8) is 0 Å². The van der Waals surface area contributed by atoms with Gasteiger partial charge in [0.1, 0.15) is 5.60 Å². The third-order valence-corrected chi connectivity index (χ3v) is 1.50. The van der Waals surface area contributed by atoms with Crippen molar-refractivity contribution in [3.05, 3.63) is 12.2 Å². The normalized spacial score (nSPS) is 10.7. The lowest BCUT2D eigenvalue weighted by atomic mass is 10.2. The summed E-state index contributed by atoms with van der Waals surface area (Å²) >= 11 is 0. The van der Waals surface area contributed by atoms with Crippen LogP contribution in [0.1, 0.15) is 34.1 Å². The summed E-state index contributed by atoms with van der Waals surface area (Å²) in [7, 11) is 0. The van der Waals surface area contributed by atoms with E-state index < -0.39 is 11.7 Å². The van der Waals surface area contributed by atoms with E-state index in [0.717, 1.165) is 0 Å². The number of ether oxygens (including phenoxy) is 1. The van der Waals surface area contributed by atoms with E-state index in [0.29, 0.717) is 5.57 Å². The summed E-state index contributed by atoms with van der Waals surface area (Å²) in [6, 6.07) is 0. The summed E-state index contributed by atoms with van der Waals surface area (Å²) in [4.78, 5) is 22.3. The fourth-order valence-electron chi connectivity index (χ4n) is 0.806. The highest BCUT2D eigenvalue weighted by atomic mass is 16.6. The number of allylic oxidation sites excluding steroid dienone is 1. The third-order valence-electron chi connectivity index (χ3n) is 1.50. The molecule has 0 spiro atoms. The van der Waals surface area contributed by atoms with Crippen molar-refractivity contribution in [1.29, 1.82) is 0 Å². The molecule has 1 amide bonds. The molecule has 0 unspecified atom stereocenters. The van der Waals surface area contributed by atoms with Crippen molar-refractivity contribution >= 4 is 11.9 Å². The molecule has 0 aliphatic carbocycles. The summed E-state index contributed by atoms with van der Waals surface area (Å²) in [5.74, 6) is -0.0499. The van der Waals surface area contributed by atoms with Gasteiger partial charge >= 0.3 is 6.09 Å². The van der Waals surface area contributed by atoms with E-state index >= 15 is 0 Å². The number of carbonyl (C=O) groups is 2. The van der Waals surface area contributed by atoms with E-state index in [2.05, 4.69) is 11.9 Å². The van der Waals surface area contributed by atoms with Gasteiger partial charge in [0.15, 0.2) is 5.78 Å². The zero-order valence-corrected chi connectivity index (χ0v) is 9.85. The number of amides is 1. The van der Waals surface area contributed by atoms with Gasteiger partial charge in [0.05, 0.1) is 0 Å². The Labute approximate surface area is 90.7 Å². The molecule has 15 heavy (non-hydrogen) atoms. The Bertz CT molecular complexity index is 263. The van der Waals surface area contributed by atoms with Crippen molar-refractivity contribution in [2.75, 3.05) is 6.54 Å². The van der Waals surface area contributed by atoms with Crippen LogP contribution in [-0.4, -0.2) is 24.0 Å². The van der Waals surface area contributed by atoms with Gasteiger partial charge in [0, 0.05) is 13.0 Å². The third kappa shape index (κ3) is 7.73. The average Bonchev–Trinajstić information content (AvgIpc) is 2.00. The second kappa shape index (κ2) is 5.53. The lowest BCUT2D eigenvalue weighted by molar-refractivity contribution is -0.115. The van der Waals surface area contributed by atoms with Gasteiger partial charge in [-0.2, -0.15) is 0 Å². The van der Waals surface area contributed by atoms with Gasteiger partial charge in [-0.15, -0.1) is 0 Å². The molecule has 0 aromatic carbocycles. The Kier molecular flexibility index (Phi) is 5.05. The predicted octanol–water partition coefficient (Wildman–Crippen LogP) is 2.05. The Morgan fingerprint density at radius 2 is 1.87 bits per heavy atom. The van der Waals surface area contributed by atoms with E-state index in [1.165, 1.54) is 0 Å². The second-order valence-corrected chi connectivity index (χ2v) is 4.38. The van der Waals surface area contributed by atoms with Crippen LogP contribution in [0.4, 0.5) is 4.79 Å². The van der Waals surface area contributed by atoms with Crippen LogP contribution in [0.15, 0.2) is 12.2 Å². The zero-order valence-electron chi connectivity index (χ0n) is 9.85. The predicted molar refractivity (Wildman–Crippen MR) is 58.7 cm³/mol. The van der Waals surface area contributed by atoms with Gasteiger partial charge in [0.25, 0.3) is 0 Å². The molecule has 0 saturated heterocycles. The van der Waals surface area contributed by atoms with Gasteiger partial charge < -0.3 is 10.1 Å². The minimum atomic E-state index is -0.511. The number of hydrogen-bond donors (Lipinski definition) is 1. The molecule has 0 aromatic heterocycles. The maximum atomic E-state index is 11.1.